The predicted octanol–water partition coefficient (Wildman–Crippen LogP) is 2.40. The van der Waals surface area contributed by atoms with Crippen molar-refractivity contribution in [2.75, 3.05) is 19.1 Å². The zero-order valence-electron chi connectivity index (χ0n) is 12.8. The molecule has 126 valence electrons. The van der Waals surface area contributed by atoms with Gasteiger partial charge in [0, 0.05) is 13.8 Å². The van der Waals surface area contributed by atoms with E-state index in [1.54, 1.807) is 0 Å². The zero-order valence-corrected chi connectivity index (χ0v) is 12.8. The molecule has 0 aliphatic heterocycles. The monoisotopic (exact) mass is 333 g/mol. The normalized spacial score (nSPS) is 10.9. The number of methoxy groups -OCH3 is 2. The quantitative estimate of drug-likeness (QED) is 0.794. The lowest BCUT2D eigenvalue weighted by Crippen LogP contribution is -2.35. The van der Waals surface area contributed by atoms with Gasteiger partial charge in [0.15, 0.2) is 0 Å². The fourth-order valence-corrected chi connectivity index (χ4v) is 2.04. The van der Waals surface area contributed by atoms with Crippen molar-refractivity contribution in [3.63, 3.8) is 0 Å². The number of hydrogen-bond acceptors (Lipinski definition) is 5. The van der Waals surface area contributed by atoms with E-state index in [0.717, 1.165) is 34.1 Å². The van der Waals surface area contributed by atoms with Gasteiger partial charge in [0.1, 0.15) is 11.4 Å². The van der Waals surface area contributed by atoms with Crippen LogP contribution in [-0.2, 0) is 20.5 Å². The lowest BCUT2D eigenvalue weighted by atomic mass is 10.0. The summed E-state index contributed by atoms with van der Waals surface area (Å²) in [6.07, 6.45) is -4.90. The molecule has 0 N–H and O–H groups in total. The number of amides is 2. The van der Waals surface area contributed by atoms with Crippen molar-refractivity contribution < 1.29 is 37.0 Å². The van der Waals surface area contributed by atoms with Gasteiger partial charge in [-0.3, -0.25) is 9.59 Å². The summed E-state index contributed by atoms with van der Waals surface area (Å²) in [5.41, 5.74) is -2.91. The molecule has 0 saturated carbocycles. The molecule has 0 spiro atoms. The first-order valence-electron chi connectivity index (χ1n) is 6.24. The Hall–Kier alpha value is -2.58. The van der Waals surface area contributed by atoms with Crippen LogP contribution in [0.25, 0.3) is 0 Å². The summed E-state index contributed by atoms with van der Waals surface area (Å²) in [6.45, 7) is 1.95. The second-order valence-corrected chi connectivity index (χ2v) is 4.40. The zero-order chi connectivity index (χ0) is 17.9. The maximum absolute atomic E-state index is 13.2. The van der Waals surface area contributed by atoms with Crippen LogP contribution in [0, 0.1) is 0 Å². The van der Waals surface area contributed by atoms with Gasteiger partial charge in [0.2, 0.25) is 11.8 Å². The fourth-order valence-electron chi connectivity index (χ4n) is 2.04. The molecule has 0 aliphatic rings. The minimum absolute atomic E-state index is 0.246. The summed E-state index contributed by atoms with van der Waals surface area (Å²) in [5, 5.41) is 0. The molecule has 6 nitrogen and oxygen atoms in total. The van der Waals surface area contributed by atoms with Crippen molar-refractivity contribution in [3.8, 4) is 5.75 Å². The van der Waals surface area contributed by atoms with E-state index in [1.165, 1.54) is 0 Å². The third-order valence-electron chi connectivity index (χ3n) is 2.91. The van der Waals surface area contributed by atoms with Crippen molar-refractivity contribution in [3.05, 3.63) is 23.3 Å². The number of benzene rings is 1. The van der Waals surface area contributed by atoms with Gasteiger partial charge in [-0.25, -0.2) is 9.69 Å². The number of nitrogens with zero attached hydrogens (tertiary/aromatic N) is 1. The molecule has 2 amide bonds. The smallest absolute Gasteiger partial charge is 0.417 e. The molecule has 0 radical (unpaired) electrons. The van der Waals surface area contributed by atoms with Crippen molar-refractivity contribution in [2.45, 2.75) is 20.0 Å². The van der Waals surface area contributed by atoms with Gasteiger partial charge in [-0.15, -0.1) is 0 Å². The van der Waals surface area contributed by atoms with Gasteiger partial charge in [0.25, 0.3) is 0 Å². The Labute approximate surface area is 129 Å². The molecule has 0 atom stereocenters. The van der Waals surface area contributed by atoms with E-state index in [2.05, 4.69) is 4.74 Å². The van der Waals surface area contributed by atoms with E-state index >= 15 is 0 Å². The van der Waals surface area contributed by atoms with Crippen LogP contribution in [0.4, 0.5) is 18.9 Å². The van der Waals surface area contributed by atoms with Crippen LogP contribution < -0.4 is 9.64 Å². The molecule has 1 aromatic rings. The van der Waals surface area contributed by atoms with Crippen LogP contribution in [0.5, 0.6) is 5.75 Å². The summed E-state index contributed by atoms with van der Waals surface area (Å²) < 4.78 is 48.9. The molecule has 0 fully saturated rings. The average Bonchev–Trinajstić information content (AvgIpc) is 2.44. The Morgan fingerprint density at radius 2 is 1.57 bits per heavy atom. The van der Waals surface area contributed by atoms with Gasteiger partial charge in [-0.2, -0.15) is 13.2 Å². The first kappa shape index (κ1) is 18.5. The largest absolute Gasteiger partial charge is 0.495 e. The highest BCUT2D eigenvalue weighted by molar-refractivity contribution is 6.17. The van der Waals surface area contributed by atoms with Crippen molar-refractivity contribution in [2.24, 2.45) is 0 Å². The summed E-state index contributed by atoms with van der Waals surface area (Å²) in [6, 6.07) is 1.54. The highest BCUT2D eigenvalue weighted by Crippen LogP contribution is 2.41. The highest BCUT2D eigenvalue weighted by Gasteiger charge is 2.40. The highest BCUT2D eigenvalue weighted by atomic mass is 19.4. The number of esters is 1. The average molecular weight is 333 g/mol. The first-order chi connectivity index (χ1) is 10.6. The SMILES string of the molecule is COC(=O)c1c(C(F)(F)F)ccc(OC)c1N(C(C)=O)C(C)=O. The molecular weight excluding hydrogens is 319 g/mol. The fraction of sp³-hybridized carbons (Fsp3) is 0.357. The van der Waals surface area contributed by atoms with E-state index in [0.29, 0.717) is 11.0 Å². The Morgan fingerprint density at radius 1 is 1.04 bits per heavy atom. The lowest BCUT2D eigenvalue weighted by molar-refractivity contribution is -0.138. The van der Waals surface area contributed by atoms with E-state index < -0.39 is 40.8 Å². The standard InChI is InChI=1S/C14H14F3NO5/c1-7(19)18(8(2)20)12-10(22-3)6-5-9(14(15,16)17)11(12)13(21)23-4/h5-6H,1-4H3. The molecule has 1 rings (SSSR count). The summed E-state index contributed by atoms with van der Waals surface area (Å²) in [7, 11) is 2.02. The van der Waals surface area contributed by atoms with E-state index in [9.17, 15) is 27.6 Å². The van der Waals surface area contributed by atoms with Crippen molar-refractivity contribution >= 4 is 23.5 Å². The molecule has 9 heteroatoms. The van der Waals surface area contributed by atoms with Gasteiger partial charge in [0.05, 0.1) is 25.3 Å². The van der Waals surface area contributed by atoms with Crippen LogP contribution in [0.2, 0.25) is 0 Å². The second-order valence-electron chi connectivity index (χ2n) is 4.40. The maximum Gasteiger partial charge on any atom is 0.417 e. The van der Waals surface area contributed by atoms with Gasteiger partial charge >= 0.3 is 12.1 Å². The van der Waals surface area contributed by atoms with Crippen LogP contribution in [0.15, 0.2) is 12.1 Å². The van der Waals surface area contributed by atoms with Crippen molar-refractivity contribution in [1.82, 2.24) is 0 Å². The number of ether oxygens (including phenoxy) is 2. The number of anilines is 1. The lowest BCUT2D eigenvalue weighted by Gasteiger charge is -2.24. The molecule has 0 bridgehead atoms. The predicted molar refractivity (Wildman–Crippen MR) is 73.2 cm³/mol. The minimum atomic E-state index is -4.90. The van der Waals surface area contributed by atoms with Gasteiger partial charge in [-0.1, -0.05) is 0 Å². The second kappa shape index (κ2) is 6.67. The number of rotatable bonds is 3. The van der Waals surface area contributed by atoms with Crippen LogP contribution in [0.1, 0.15) is 29.8 Å². The molecule has 0 heterocycles. The van der Waals surface area contributed by atoms with Crippen LogP contribution >= 0.6 is 0 Å². The van der Waals surface area contributed by atoms with Crippen molar-refractivity contribution in [1.29, 1.82) is 0 Å². The number of halogens is 3. The Kier molecular flexibility index (Phi) is 5.36. The number of carbonyl (C=O) groups excluding carboxylic acids is 3. The van der Waals surface area contributed by atoms with Gasteiger partial charge < -0.3 is 9.47 Å². The van der Waals surface area contributed by atoms with Crippen LogP contribution in [-0.4, -0.2) is 32.0 Å². The van der Waals surface area contributed by atoms with E-state index in [1.807, 2.05) is 0 Å². The Balaban J connectivity index is 3.93. The molecule has 0 unspecified atom stereocenters. The Bertz CT molecular complexity index is 641. The molecule has 0 saturated heterocycles. The molecule has 0 aliphatic carbocycles. The molecule has 1 aromatic carbocycles. The summed E-state index contributed by atoms with van der Waals surface area (Å²) in [4.78, 5) is 35.7. The third kappa shape index (κ3) is 3.61. The number of imide groups is 1. The van der Waals surface area contributed by atoms with Gasteiger partial charge in [-0.05, 0) is 12.1 Å². The Morgan fingerprint density at radius 3 is 1.91 bits per heavy atom. The number of alkyl halides is 3. The summed E-state index contributed by atoms with van der Waals surface area (Å²) >= 11 is 0. The topological polar surface area (TPSA) is 72.9 Å². The maximum atomic E-state index is 13.2. The molecular formula is C14H14F3NO5. The summed E-state index contributed by atoms with van der Waals surface area (Å²) in [5.74, 6) is -3.34. The minimum Gasteiger partial charge on any atom is -0.495 e. The molecule has 0 aromatic heterocycles. The first-order valence-corrected chi connectivity index (χ1v) is 6.24. The molecule has 23 heavy (non-hydrogen) atoms. The number of hydrogen-bond donors (Lipinski definition) is 0. The third-order valence-corrected chi connectivity index (χ3v) is 2.91. The van der Waals surface area contributed by atoms with E-state index in [-0.39, 0.29) is 5.75 Å². The van der Waals surface area contributed by atoms with Crippen LogP contribution in [0.3, 0.4) is 0 Å². The van der Waals surface area contributed by atoms with E-state index in [4.69, 9.17) is 4.74 Å². The number of carbonyl (C=O) groups is 3.